The zero-order valence-electron chi connectivity index (χ0n) is 8.94. The van der Waals surface area contributed by atoms with E-state index in [0.717, 1.165) is 12.5 Å². The highest BCUT2D eigenvalue weighted by Gasteiger charge is 2.27. The molecule has 1 N–H and O–H groups in total. The van der Waals surface area contributed by atoms with Gasteiger partial charge in [-0.2, -0.15) is 13.2 Å². The van der Waals surface area contributed by atoms with Crippen LogP contribution >= 0.6 is 11.8 Å². The lowest BCUT2D eigenvalue weighted by Gasteiger charge is -2.11. The molecule has 2 atom stereocenters. The van der Waals surface area contributed by atoms with E-state index in [1.807, 2.05) is 0 Å². The monoisotopic (exact) mass is 241 g/mol. The Balaban J connectivity index is 1.93. The highest BCUT2D eigenvalue weighted by atomic mass is 32.2. The number of alkyl halides is 3. The van der Waals surface area contributed by atoms with E-state index in [4.69, 9.17) is 0 Å². The van der Waals surface area contributed by atoms with Gasteiger partial charge in [-0.15, -0.1) is 0 Å². The van der Waals surface area contributed by atoms with Gasteiger partial charge in [-0.25, -0.2) is 0 Å². The highest BCUT2D eigenvalue weighted by Crippen LogP contribution is 2.30. The second-order valence-corrected chi connectivity index (χ2v) is 5.44. The van der Waals surface area contributed by atoms with E-state index in [0.29, 0.717) is 12.5 Å². The zero-order valence-corrected chi connectivity index (χ0v) is 9.76. The zero-order chi connectivity index (χ0) is 11.3. The average molecular weight is 241 g/mol. The molecule has 5 heteroatoms. The summed E-state index contributed by atoms with van der Waals surface area (Å²) in [6, 6.07) is 0. The minimum Gasteiger partial charge on any atom is -0.316 e. The van der Waals surface area contributed by atoms with Gasteiger partial charge < -0.3 is 5.32 Å². The van der Waals surface area contributed by atoms with Gasteiger partial charge in [-0.05, 0) is 43.0 Å². The molecule has 0 aliphatic heterocycles. The topological polar surface area (TPSA) is 12.0 Å². The summed E-state index contributed by atoms with van der Waals surface area (Å²) in [4.78, 5) is 0. The van der Waals surface area contributed by atoms with Crippen LogP contribution in [0.1, 0.15) is 26.2 Å². The third-order valence-corrected chi connectivity index (χ3v) is 3.52. The standard InChI is InChI=1S/C10H18F3NS/c1-8-2-3-9(6-8)7-14-4-5-15-10(11,12)13/h8-9,14H,2-7H2,1H3. The second kappa shape index (κ2) is 5.99. The fraction of sp³-hybridized carbons (Fsp3) is 1.00. The largest absolute Gasteiger partial charge is 0.441 e. The first kappa shape index (κ1) is 13.2. The number of nitrogens with one attached hydrogen (secondary N) is 1. The van der Waals surface area contributed by atoms with Crippen molar-refractivity contribution in [2.75, 3.05) is 18.8 Å². The summed E-state index contributed by atoms with van der Waals surface area (Å²) in [5.41, 5.74) is -4.08. The third kappa shape index (κ3) is 6.30. The van der Waals surface area contributed by atoms with Crippen LogP contribution in [0.2, 0.25) is 0 Å². The number of thioether (sulfide) groups is 1. The summed E-state index contributed by atoms with van der Waals surface area (Å²) in [5.74, 6) is 1.59. The fourth-order valence-electron chi connectivity index (χ4n) is 2.06. The summed E-state index contributed by atoms with van der Waals surface area (Å²) in [7, 11) is 0. The van der Waals surface area contributed by atoms with Gasteiger partial charge >= 0.3 is 5.51 Å². The van der Waals surface area contributed by atoms with Crippen LogP contribution in [0.5, 0.6) is 0 Å². The molecule has 1 saturated carbocycles. The Bertz CT molecular complexity index is 184. The van der Waals surface area contributed by atoms with E-state index in [9.17, 15) is 13.2 Å². The van der Waals surface area contributed by atoms with Crippen LogP contribution in [0.25, 0.3) is 0 Å². The van der Waals surface area contributed by atoms with Crippen molar-refractivity contribution in [2.45, 2.75) is 31.7 Å². The van der Waals surface area contributed by atoms with Crippen molar-refractivity contribution in [3.63, 3.8) is 0 Å². The molecule has 0 bridgehead atoms. The number of rotatable bonds is 5. The molecule has 90 valence electrons. The van der Waals surface area contributed by atoms with E-state index < -0.39 is 5.51 Å². The maximum Gasteiger partial charge on any atom is 0.441 e. The molecular weight excluding hydrogens is 223 g/mol. The molecule has 0 heterocycles. The molecule has 0 radical (unpaired) electrons. The van der Waals surface area contributed by atoms with E-state index >= 15 is 0 Å². The lowest BCUT2D eigenvalue weighted by atomic mass is 10.1. The van der Waals surface area contributed by atoms with E-state index in [1.54, 1.807) is 0 Å². The Hall–Kier alpha value is 0.100. The van der Waals surface area contributed by atoms with Crippen molar-refractivity contribution in [1.82, 2.24) is 5.32 Å². The number of hydrogen-bond donors (Lipinski definition) is 1. The van der Waals surface area contributed by atoms with Crippen LogP contribution in [0.4, 0.5) is 13.2 Å². The summed E-state index contributed by atoms with van der Waals surface area (Å²) in [6.07, 6.45) is 3.71. The minimum absolute atomic E-state index is 0.0541. The Kier molecular flexibility index (Phi) is 5.26. The first-order valence-corrected chi connectivity index (χ1v) is 6.37. The van der Waals surface area contributed by atoms with Crippen molar-refractivity contribution in [3.05, 3.63) is 0 Å². The molecule has 0 spiro atoms. The summed E-state index contributed by atoms with van der Waals surface area (Å²) >= 11 is 0.0541. The molecule has 0 aromatic carbocycles. The summed E-state index contributed by atoms with van der Waals surface area (Å²) in [5, 5.41) is 3.10. The van der Waals surface area contributed by atoms with Crippen LogP contribution in [0.15, 0.2) is 0 Å². The predicted molar refractivity (Wildman–Crippen MR) is 57.9 cm³/mol. The third-order valence-electron chi connectivity index (χ3n) is 2.78. The van der Waals surface area contributed by atoms with E-state index in [1.165, 1.54) is 19.3 Å². The van der Waals surface area contributed by atoms with Gasteiger partial charge in [0.1, 0.15) is 0 Å². The normalized spacial score (nSPS) is 27.2. The van der Waals surface area contributed by atoms with Crippen LogP contribution in [0, 0.1) is 11.8 Å². The van der Waals surface area contributed by atoms with Gasteiger partial charge in [0.25, 0.3) is 0 Å². The Morgan fingerprint density at radius 2 is 2.07 bits per heavy atom. The van der Waals surface area contributed by atoms with Crippen molar-refractivity contribution in [1.29, 1.82) is 0 Å². The SMILES string of the molecule is CC1CCC(CNCCSC(F)(F)F)C1. The highest BCUT2D eigenvalue weighted by molar-refractivity contribution is 8.00. The quantitative estimate of drug-likeness (QED) is 0.741. The first-order chi connectivity index (χ1) is 6.97. The second-order valence-electron chi connectivity index (χ2n) is 4.28. The molecule has 1 fully saturated rings. The van der Waals surface area contributed by atoms with Crippen LogP contribution < -0.4 is 5.32 Å². The molecule has 0 amide bonds. The Morgan fingerprint density at radius 3 is 2.60 bits per heavy atom. The molecule has 0 aromatic rings. The van der Waals surface area contributed by atoms with Gasteiger partial charge in [0.2, 0.25) is 0 Å². The molecule has 1 aliphatic rings. The summed E-state index contributed by atoms with van der Waals surface area (Å²) < 4.78 is 35.3. The molecule has 1 aliphatic carbocycles. The van der Waals surface area contributed by atoms with Gasteiger partial charge in [0.05, 0.1) is 0 Å². The predicted octanol–water partition coefficient (Wildman–Crippen LogP) is 3.27. The van der Waals surface area contributed by atoms with Crippen LogP contribution in [-0.2, 0) is 0 Å². The lowest BCUT2D eigenvalue weighted by molar-refractivity contribution is -0.0327. The van der Waals surface area contributed by atoms with Crippen LogP contribution in [-0.4, -0.2) is 24.4 Å². The van der Waals surface area contributed by atoms with Crippen molar-refractivity contribution >= 4 is 11.8 Å². The minimum atomic E-state index is -4.08. The smallest absolute Gasteiger partial charge is 0.316 e. The van der Waals surface area contributed by atoms with Crippen LogP contribution in [0.3, 0.4) is 0 Å². The Morgan fingerprint density at radius 1 is 1.33 bits per heavy atom. The van der Waals surface area contributed by atoms with Gasteiger partial charge in [0, 0.05) is 12.3 Å². The van der Waals surface area contributed by atoms with Gasteiger partial charge in [-0.1, -0.05) is 13.3 Å². The lowest BCUT2D eigenvalue weighted by Crippen LogP contribution is -2.24. The van der Waals surface area contributed by atoms with Gasteiger partial charge in [-0.3, -0.25) is 0 Å². The Labute approximate surface area is 93.2 Å². The molecule has 0 aromatic heterocycles. The molecule has 2 unspecified atom stereocenters. The van der Waals surface area contributed by atoms with Crippen molar-refractivity contribution in [2.24, 2.45) is 11.8 Å². The van der Waals surface area contributed by atoms with Crippen molar-refractivity contribution < 1.29 is 13.2 Å². The molecule has 15 heavy (non-hydrogen) atoms. The fourth-order valence-corrected chi connectivity index (χ4v) is 2.53. The van der Waals surface area contributed by atoms with Crippen molar-refractivity contribution in [3.8, 4) is 0 Å². The van der Waals surface area contributed by atoms with Gasteiger partial charge in [0.15, 0.2) is 0 Å². The molecule has 1 rings (SSSR count). The molecule has 1 nitrogen and oxygen atoms in total. The molecular formula is C10H18F3NS. The first-order valence-electron chi connectivity index (χ1n) is 5.39. The average Bonchev–Trinajstić information content (AvgIpc) is 2.49. The number of halogens is 3. The van der Waals surface area contributed by atoms with E-state index in [-0.39, 0.29) is 17.5 Å². The maximum atomic E-state index is 11.8. The molecule has 0 saturated heterocycles. The number of hydrogen-bond acceptors (Lipinski definition) is 2. The van der Waals surface area contributed by atoms with E-state index in [2.05, 4.69) is 12.2 Å². The maximum absolute atomic E-state index is 11.8. The summed E-state index contributed by atoms with van der Waals surface area (Å²) in [6.45, 7) is 3.57.